The molecule has 1 aliphatic carbocycles. The maximum absolute atomic E-state index is 13.2. The van der Waals surface area contributed by atoms with Crippen molar-refractivity contribution >= 4 is 15.7 Å². The van der Waals surface area contributed by atoms with E-state index in [1.165, 1.54) is 25.0 Å². The number of benzene rings is 1. The van der Waals surface area contributed by atoms with Gasteiger partial charge in [0.15, 0.2) is 0 Å². The second-order valence-electron chi connectivity index (χ2n) is 4.57. The first kappa shape index (κ1) is 14.2. The standard InChI is InChI=1S/C12H17FN2O3S/c13-10-2-1-3-11(12(10)14)19(16,17)15-6-7-18-8-9-4-5-9/h1-3,9,15H,4-8,14H2. The predicted molar refractivity (Wildman–Crippen MR) is 69.5 cm³/mol. The number of nitrogens with one attached hydrogen (secondary N) is 1. The molecule has 0 unspecified atom stereocenters. The normalized spacial score (nSPS) is 15.6. The van der Waals surface area contributed by atoms with Crippen molar-refractivity contribution in [2.45, 2.75) is 17.7 Å². The molecule has 0 amide bonds. The fourth-order valence-electron chi connectivity index (χ4n) is 1.61. The molecule has 0 aromatic heterocycles. The Labute approximate surface area is 112 Å². The number of nitrogen functional groups attached to an aromatic ring is 1. The van der Waals surface area contributed by atoms with Gasteiger partial charge in [-0.05, 0) is 30.9 Å². The van der Waals surface area contributed by atoms with Gasteiger partial charge in [-0.15, -0.1) is 0 Å². The highest BCUT2D eigenvalue weighted by Gasteiger charge is 2.21. The van der Waals surface area contributed by atoms with Crippen molar-refractivity contribution in [3.63, 3.8) is 0 Å². The molecule has 1 aromatic rings. The van der Waals surface area contributed by atoms with Crippen molar-refractivity contribution in [1.82, 2.24) is 4.72 Å². The number of nitrogens with two attached hydrogens (primary N) is 1. The Morgan fingerprint density at radius 1 is 1.42 bits per heavy atom. The van der Waals surface area contributed by atoms with Gasteiger partial charge in [-0.1, -0.05) is 6.07 Å². The van der Waals surface area contributed by atoms with Crippen LogP contribution in [0.1, 0.15) is 12.8 Å². The van der Waals surface area contributed by atoms with E-state index in [2.05, 4.69) is 4.72 Å². The fourth-order valence-corrected chi connectivity index (χ4v) is 2.76. The quantitative estimate of drug-likeness (QED) is 0.582. The van der Waals surface area contributed by atoms with Crippen molar-refractivity contribution < 1.29 is 17.5 Å². The molecular weight excluding hydrogens is 271 g/mol. The van der Waals surface area contributed by atoms with Crippen molar-refractivity contribution in [2.75, 3.05) is 25.5 Å². The Hall–Kier alpha value is -1.18. The molecule has 1 aromatic carbocycles. The topological polar surface area (TPSA) is 81.4 Å². The second kappa shape index (κ2) is 5.85. The third kappa shape index (κ3) is 3.89. The minimum atomic E-state index is -3.79. The highest BCUT2D eigenvalue weighted by atomic mass is 32.2. The molecule has 2 rings (SSSR count). The largest absolute Gasteiger partial charge is 0.395 e. The van der Waals surface area contributed by atoms with E-state index < -0.39 is 15.8 Å². The van der Waals surface area contributed by atoms with E-state index in [-0.39, 0.29) is 17.1 Å². The van der Waals surface area contributed by atoms with Crippen LogP contribution in [-0.2, 0) is 14.8 Å². The molecule has 7 heteroatoms. The molecule has 19 heavy (non-hydrogen) atoms. The van der Waals surface area contributed by atoms with Crippen molar-refractivity contribution in [2.24, 2.45) is 5.92 Å². The Morgan fingerprint density at radius 2 is 2.16 bits per heavy atom. The van der Waals surface area contributed by atoms with Gasteiger partial charge in [-0.25, -0.2) is 17.5 Å². The number of anilines is 1. The van der Waals surface area contributed by atoms with Gasteiger partial charge in [0.2, 0.25) is 10.0 Å². The van der Waals surface area contributed by atoms with Gasteiger partial charge >= 0.3 is 0 Å². The number of ether oxygens (including phenoxy) is 1. The highest BCUT2D eigenvalue weighted by Crippen LogP contribution is 2.28. The first-order valence-electron chi connectivity index (χ1n) is 6.12. The van der Waals surface area contributed by atoms with Crippen LogP contribution in [0.5, 0.6) is 0 Å². The van der Waals surface area contributed by atoms with Gasteiger partial charge in [0.1, 0.15) is 10.7 Å². The van der Waals surface area contributed by atoms with Crippen LogP contribution < -0.4 is 10.5 Å². The first-order chi connectivity index (χ1) is 9.00. The maximum atomic E-state index is 13.2. The summed E-state index contributed by atoms with van der Waals surface area (Å²) >= 11 is 0. The van der Waals surface area contributed by atoms with E-state index in [0.29, 0.717) is 19.1 Å². The van der Waals surface area contributed by atoms with Crippen LogP contribution in [0.2, 0.25) is 0 Å². The summed E-state index contributed by atoms with van der Waals surface area (Å²) in [5.74, 6) is -0.108. The van der Waals surface area contributed by atoms with Gasteiger partial charge in [-0.2, -0.15) is 0 Å². The van der Waals surface area contributed by atoms with E-state index in [1.54, 1.807) is 0 Å². The van der Waals surface area contributed by atoms with E-state index in [4.69, 9.17) is 10.5 Å². The minimum absolute atomic E-state index is 0.144. The summed E-state index contributed by atoms with van der Waals surface area (Å²) < 4.78 is 44.7. The number of para-hydroxylation sites is 1. The first-order valence-corrected chi connectivity index (χ1v) is 7.60. The van der Waals surface area contributed by atoms with Crippen LogP contribution in [0.3, 0.4) is 0 Å². The monoisotopic (exact) mass is 288 g/mol. The lowest BCUT2D eigenvalue weighted by molar-refractivity contribution is 0.129. The van der Waals surface area contributed by atoms with Crippen LogP contribution in [0.25, 0.3) is 0 Å². The number of hydrogen-bond acceptors (Lipinski definition) is 4. The highest BCUT2D eigenvalue weighted by molar-refractivity contribution is 7.89. The van der Waals surface area contributed by atoms with Crippen LogP contribution in [0.4, 0.5) is 10.1 Å². The third-order valence-corrected chi connectivity index (χ3v) is 4.41. The Balaban J connectivity index is 1.88. The van der Waals surface area contributed by atoms with Gasteiger partial charge < -0.3 is 10.5 Å². The number of sulfonamides is 1. The molecule has 1 saturated carbocycles. The average Bonchev–Trinajstić information content (AvgIpc) is 3.16. The van der Waals surface area contributed by atoms with Crippen molar-refractivity contribution in [1.29, 1.82) is 0 Å². The predicted octanol–water partition coefficient (Wildman–Crippen LogP) is 1.11. The number of hydrogen-bond donors (Lipinski definition) is 2. The molecule has 5 nitrogen and oxygen atoms in total. The Kier molecular flexibility index (Phi) is 4.38. The van der Waals surface area contributed by atoms with Crippen LogP contribution >= 0.6 is 0 Å². The van der Waals surface area contributed by atoms with Gasteiger partial charge in [0, 0.05) is 13.2 Å². The summed E-state index contributed by atoms with van der Waals surface area (Å²) in [5.41, 5.74) is 5.05. The zero-order chi connectivity index (χ0) is 13.9. The minimum Gasteiger partial charge on any atom is -0.395 e. The molecule has 0 saturated heterocycles. The zero-order valence-corrected chi connectivity index (χ0v) is 11.2. The zero-order valence-electron chi connectivity index (χ0n) is 10.4. The second-order valence-corrected chi connectivity index (χ2v) is 6.30. The Bertz CT molecular complexity index is 544. The molecule has 3 N–H and O–H groups in total. The van der Waals surface area contributed by atoms with Crippen LogP contribution in [0, 0.1) is 11.7 Å². The van der Waals surface area contributed by atoms with E-state index in [0.717, 1.165) is 6.07 Å². The molecule has 106 valence electrons. The average molecular weight is 288 g/mol. The molecule has 0 heterocycles. The number of rotatable bonds is 7. The van der Waals surface area contributed by atoms with E-state index in [9.17, 15) is 12.8 Å². The maximum Gasteiger partial charge on any atom is 0.242 e. The van der Waals surface area contributed by atoms with Crippen molar-refractivity contribution in [3.05, 3.63) is 24.0 Å². The van der Waals surface area contributed by atoms with Gasteiger partial charge in [-0.3, -0.25) is 0 Å². The molecule has 0 atom stereocenters. The van der Waals surface area contributed by atoms with E-state index >= 15 is 0 Å². The lowest BCUT2D eigenvalue weighted by Crippen LogP contribution is -2.28. The smallest absolute Gasteiger partial charge is 0.242 e. The summed E-state index contributed by atoms with van der Waals surface area (Å²) in [6.07, 6.45) is 2.37. The summed E-state index contributed by atoms with van der Waals surface area (Å²) in [6.45, 7) is 1.11. The molecule has 1 aliphatic rings. The third-order valence-electron chi connectivity index (χ3n) is 2.89. The van der Waals surface area contributed by atoms with E-state index in [1.807, 2.05) is 0 Å². The van der Waals surface area contributed by atoms with Crippen molar-refractivity contribution in [3.8, 4) is 0 Å². The van der Waals surface area contributed by atoms with Crippen LogP contribution in [-0.4, -0.2) is 28.2 Å². The molecule has 0 spiro atoms. The summed E-state index contributed by atoms with van der Waals surface area (Å²) in [7, 11) is -3.79. The van der Waals surface area contributed by atoms with Gasteiger partial charge in [0.25, 0.3) is 0 Å². The SMILES string of the molecule is Nc1c(F)cccc1S(=O)(=O)NCCOCC1CC1. The lowest BCUT2D eigenvalue weighted by atomic mass is 10.3. The fraction of sp³-hybridized carbons (Fsp3) is 0.500. The Morgan fingerprint density at radius 3 is 2.84 bits per heavy atom. The molecule has 0 bridgehead atoms. The summed E-state index contributed by atoms with van der Waals surface area (Å²) in [5, 5.41) is 0. The molecule has 0 radical (unpaired) electrons. The lowest BCUT2D eigenvalue weighted by Gasteiger charge is -2.09. The summed E-state index contributed by atoms with van der Waals surface area (Å²) in [6, 6.07) is 3.70. The van der Waals surface area contributed by atoms with Crippen LogP contribution in [0.15, 0.2) is 23.1 Å². The molecule has 1 fully saturated rings. The molecule has 0 aliphatic heterocycles. The number of halogens is 1. The summed E-state index contributed by atoms with van der Waals surface area (Å²) in [4.78, 5) is -0.241. The van der Waals surface area contributed by atoms with Gasteiger partial charge in [0.05, 0.1) is 12.3 Å². The molecular formula is C12H17FN2O3S.